The molecule has 0 saturated heterocycles. The maximum absolute atomic E-state index is 3.98. The zero-order chi connectivity index (χ0) is 32.7. The second kappa shape index (κ2) is 25.0. The molecule has 4 aromatic rings. The van der Waals surface area contributed by atoms with Crippen molar-refractivity contribution in [3.8, 4) is 23.7 Å². The molecule has 0 aliphatic rings. The van der Waals surface area contributed by atoms with Crippen LogP contribution < -0.4 is 21.5 Å². The quantitative estimate of drug-likeness (QED) is 0.100. The van der Waals surface area contributed by atoms with Crippen molar-refractivity contribution in [2.45, 2.75) is 99.5 Å². The molecule has 0 spiro atoms. The molecule has 0 N–H and O–H groups in total. The molecule has 0 aliphatic heterocycles. The molecule has 0 saturated carbocycles. The Morgan fingerprint density at radius 2 is 1.07 bits per heavy atom. The number of aryl methyl sites for hydroxylation is 7. The zero-order valence-corrected chi connectivity index (χ0v) is 32.0. The monoisotopic (exact) mass is 742 g/mol. The number of halogens is 2. The van der Waals surface area contributed by atoms with Crippen LogP contribution in [0, 0.1) is 51.4 Å². The lowest BCUT2D eigenvalue weighted by molar-refractivity contribution is -0.696. The lowest BCUT2D eigenvalue weighted by Gasteiger charge is -1.99. The van der Waals surface area contributed by atoms with E-state index in [0.717, 1.165) is 35.8 Å². The summed E-state index contributed by atoms with van der Waals surface area (Å²) < 4.78 is 2.23. The maximum Gasteiger partial charge on any atom is 0.171 e. The average Bonchev–Trinajstić information content (AvgIpc) is 3.02. The molecule has 2 nitrogen and oxygen atoms in total. The topological polar surface area (TPSA) is 16.8 Å². The van der Waals surface area contributed by atoms with Gasteiger partial charge in [0.15, 0.2) is 18.9 Å². The largest absolute Gasteiger partial charge is 1.00 e. The van der Waals surface area contributed by atoms with Crippen LogP contribution in [0.1, 0.15) is 96.9 Å². The maximum atomic E-state index is 3.98. The lowest BCUT2D eigenvalue weighted by atomic mass is 10.1. The van der Waals surface area contributed by atoms with Gasteiger partial charge < -0.3 is 17.0 Å². The summed E-state index contributed by atoms with van der Waals surface area (Å²) in [5.41, 5.74) is 10.1. The summed E-state index contributed by atoms with van der Waals surface area (Å²) in [6.45, 7) is 13.8. The van der Waals surface area contributed by atoms with Gasteiger partial charge in [0.2, 0.25) is 0 Å². The SMILES string of the molecule is CCCCc1ccc(C#CCCBr)cc1.CCCCc1ccc(C#CCC[n+]2cc(C)cc(C)c2)cc1.Cc1cncc(C)c1.[Br-]. The highest BCUT2D eigenvalue weighted by Crippen LogP contribution is 2.08. The highest BCUT2D eigenvalue weighted by Gasteiger charge is 2.01. The number of nitrogens with zero attached hydrogens (tertiary/aromatic N) is 2. The summed E-state index contributed by atoms with van der Waals surface area (Å²) in [4.78, 5) is 3.98. The summed E-state index contributed by atoms with van der Waals surface area (Å²) >= 11 is 3.36. The third-order valence-corrected chi connectivity index (χ3v) is 7.33. The van der Waals surface area contributed by atoms with Crippen LogP contribution in [0.5, 0.6) is 0 Å². The van der Waals surface area contributed by atoms with E-state index in [0.29, 0.717) is 0 Å². The predicted molar refractivity (Wildman–Crippen MR) is 197 cm³/mol. The smallest absolute Gasteiger partial charge is 0.171 e. The number of aromatic nitrogens is 2. The van der Waals surface area contributed by atoms with Gasteiger partial charge in [-0.25, -0.2) is 4.57 Å². The summed E-state index contributed by atoms with van der Waals surface area (Å²) in [5.74, 6) is 12.8. The van der Waals surface area contributed by atoms with E-state index in [2.05, 4.69) is 150 Å². The first-order valence-electron chi connectivity index (χ1n) is 16.4. The van der Waals surface area contributed by atoms with Gasteiger partial charge in [-0.1, -0.05) is 96.6 Å². The minimum absolute atomic E-state index is 0. The predicted octanol–water partition coefficient (Wildman–Crippen LogP) is 7.24. The molecule has 0 radical (unpaired) electrons. The highest BCUT2D eigenvalue weighted by molar-refractivity contribution is 9.09. The van der Waals surface area contributed by atoms with Crippen LogP contribution in [0.3, 0.4) is 0 Å². The molecule has 2 aromatic heterocycles. The Morgan fingerprint density at radius 1 is 0.630 bits per heavy atom. The van der Waals surface area contributed by atoms with Gasteiger partial charge >= 0.3 is 0 Å². The second-order valence-electron chi connectivity index (χ2n) is 11.6. The van der Waals surface area contributed by atoms with Gasteiger partial charge in [-0.05, 0) is 106 Å². The number of unbranched alkanes of at least 4 members (excludes halogenated alkanes) is 2. The van der Waals surface area contributed by atoms with E-state index in [4.69, 9.17) is 0 Å². The first-order valence-corrected chi connectivity index (χ1v) is 17.5. The number of pyridine rings is 2. The molecule has 244 valence electrons. The molecule has 2 heterocycles. The molecule has 0 amide bonds. The molecular formula is C42H52Br2N2. The fourth-order valence-corrected chi connectivity index (χ4v) is 4.86. The first kappa shape index (κ1) is 40.8. The Kier molecular flexibility index (Phi) is 22.2. The van der Waals surface area contributed by atoms with E-state index in [9.17, 15) is 0 Å². The van der Waals surface area contributed by atoms with Gasteiger partial charge in [-0.15, -0.1) is 0 Å². The lowest BCUT2D eigenvalue weighted by Crippen LogP contribution is -3.00. The Hall–Kier alpha value is -3.18. The Labute approximate surface area is 299 Å². The van der Waals surface area contributed by atoms with Gasteiger partial charge in [0.05, 0.1) is 6.42 Å². The molecule has 4 rings (SSSR count). The minimum Gasteiger partial charge on any atom is -1.00 e. The second-order valence-corrected chi connectivity index (χ2v) is 12.4. The van der Waals surface area contributed by atoms with Crippen molar-refractivity contribution < 1.29 is 21.5 Å². The van der Waals surface area contributed by atoms with E-state index < -0.39 is 0 Å². The summed E-state index contributed by atoms with van der Waals surface area (Å²) in [6.07, 6.45) is 17.3. The van der Waals surface area contributed by atoms with Crippen LogP contribution in [-0.4, -0.2) is 10.3 Å². The molecule has 2 aromatic carbocycles. The normalized spacial score (nSPS) is 9.54. The molecule has 0 unspecified atom stereocenters. The number of benzene rings is 2. The van der Waals surface area contributed by atoms with Crippen LogP contribution in [0.25, 0.3) is 0 Å². The van der Waals surface area contributed by atoms with Gasteiger partial charge in [0, 0.05) is 46.4 Å². The molecule has 0 aliphatic carbocycles. The fraction of sp³-hybridized carbons (Fsp3) is 0.381. The van der Waals surface area contributed by atoms with E-state index in [1.54, 1.807) is 0 Å². The van der Waals surface area contributed by atoms with Crippen molar-refractivity contribution >= 4 is 15.9 Å². The molecule has 4 heteroatoms. The Bertz CT molecular complexity index is 1480. The van der Waals surface area contributed by atoms with E-state index in [-0.39, 0.29) is 17.0 Å². The number of hydrogen-bond donors (Lipinski definition) is 0. The summed E-state index contributed by atoms with van der Waals surface area (Å²) in [5, 5.41) is 0.953. The number of alkyl halides is 1. The van der Waals surface area contributed by atoms with Gasteiger partial charge in [-0.2, -0.15) is 0 Å². The Balaban J connectivity index is 0.000000380. The van der Waals surface area contributed by atoms with E-state index in [1.807, 2.05) is 26.2 Å². The van der Waals surface area contributed by atoms with Crippen molar-refractivity contribution in [3.63, 3.8) is 0 Å². The number of rotatable bonds is 9. The van der Waals surface area contributed by atoms with Crippen molar-refractivity contribution in [1.29, 1.82) is 0 Å². The third-order valence-electron chi connectivity index (χ3n) is 6.93. The third kappa shape index (κ3) is 18.7. The van der Waals surface area contributed by atoms with Crippen LogP contribution in [0.15, 0.2) is 85.5 Å². The van der Waals surface area contributed by atoms with Crippen LogP contribution in [-0.2, 0) is 19.4 Å². The molecular weight excluding hydrogens is 692 g/mol. The van der Waals surface area contributed by atoms with Crippen molar-refractivity contribution in [2.24, 2.45) is 0 Å². The van der Waals surface area contributed by atoms with Crippen molar-refractivity contribution in [1.82, 2.24) is 4.98 Å². The molecule has 0 atom stereocenters. The molecule has 0 fully saturated rings. The minimum atomic E-state index is 0. The first-order chi connectivity index (χ1) is 21.8. The molecule has 46 heavy (non-hydrogen) atoms. The standard InChI is InChI=1S/C21H26N.C14H17Br.C7H9N.BrH/c1-4-5-8-20-10-12-21(13-11-20)9-6-7-14-22-16-18(2)15-19(3)17-22;1-2-3-6-13-8-10-14(11-9-13)7-4-5-12-15;1-6-3-7(2)5-8-4-6;/h10-13,15-17H,4-5,7-8,14H2,1-3H3;8-11H,2-3,5-6,12H2,1H3;3-5H,1-2H3;1H/q+1;;;/p-1. The van der Waals surface area contributed by atoms with Crippen LogP contribution >= 0.6 is 15.9 Å². The zero-order valence-electron chi connectivity index (χ0n) is 28.8. The van der Waals surface area contributed by atoms with Gasteiger partial charge in [0.1, 0.15) is 0 Å². The van der Waals surface area contributed by atoms with Crippen LogP contribution in [0.2, 0.25) is 0 Å². The van der Waals surface area contributed by atoms with Crippen molar-refractivity contribution in [3.05, 3.63) is 130 Å². The summed E-state index contributed by atoms with van der Waals surface area (Å²) in [6, 6.07) is 21.6. The fourth-order valence-electron chi connectivity index (χ4n) is 4.66. The van der Waals surface area contributed by atoms with Gasteiger partial charge in [0.25, 0.3) is 0 Å². The van der Waals surface area contributed by atoms with Crippen LogP contribution in [0.4, 0.5) is 0 Å². The summed E-state index contributed by atoms with van der Waals surface area (Å²) in [7, 11) is 0. The number of hydrogen-bond acceptors (Lipinski definition) is 1. The average molecular weight is 745 g/mol. The van der Waals surface area contributed by atoms with Crippen molar-refractivity contribution in [2.75, 3.05) is 5.33 Å². The van der Waals surface area contributed by atoms with E-state index in [1.165, 1.54) is 71.9 Å². The molecule has 0 bridgehead atoms. The van der Waals surface area contributed by atoms with Gasteiger partial charge in [-0.3, -0.25) is 4.98 Å². The Morgan fingerprint density at radius 3 is 1.46 bits per heavy atom. The van der Waals surface area contributed by atoms with E-state index >= 15 is 0 Å². The highest BCUT2D eigenvalue weighted by atomic mass is 79.9.